The smallest absolute Gasteiger partial charge is 0.253 e. The Morgan fingerprint density at radius 3 is 2.28 bits per heavy atom. The number of carbonyl (C=O) groups excluding carboxylic acids is 1. The minimum absolute atomic E-state index is 0.0641. The summed E-state index contributed by atoms with van der Waals surface area (Å²) < 4.78 is 2.15. The highest BCUT2D eigenvalue weighted by Gasteiger charge is 2.45. The summed E-state index contributed by atoms with van der Waals surface area (Å²) in [6.45, 7) is 6.82. The predicted octanol–water partition coefficient (Wildman–Crippen LogP) is 3.83. The van der Waals surface area contributed by atoms with E-state index in [0.29, 0.717) is 24.7 Å². The van der Waals surface area contributed by atoms with Crippen molar-refractivity contribution in [3.05, 3.63) is 66.5 Å². The average Bonchev–Trinajstić information content (AvgIpc) is 3.77. The molecule has 2 aromatic carbocycles. The molecule has 2 heterocycles. The van der Waals surface area contributed by atoms with Gasteiger partial charge in [0.1, 0.15) is 5.60 Å². The number of carbonyl (C=O) groups is 1. The topological polar surface area (TPSA) is 61.6 Å². The summed E-state index contributed by atoms with van der Waals surface area (Å²) in [4.78, 5) is 17.1. The van der Waals surface area contributed by atoms with Crippen LogP contribution in [0.4, 0.5) is 0 Å². The third-order valence-electron chi connectivity index (χ3n) is 7.17. The number of aliphatic hydroxyl groups is 1. The first-order valence-corrected chi connectivity index (χ1v) is 11.6. The fourth-order valence-electron chi connectivity index (χ4n) is 4.70. The van der Waals surface area contributed by atoms with Crippen molar-refractivity contribution in [2.24, 2.45) is 0 Å². The number of hydrogen-bond acceptors (Lipinski definition) is 4. The molecule has 2 saturated carbocycles. The molecule has 32 heavy (non-hydrogen) atoms. The van der Waals surface area contributed by atoms with Gasteiger partial charge in [-0.1, -0.05) is 30.8 Å². The van der Waals surface area contributed by atoms with Crippen LogP contribution in [-0.2, 0) is 0 Å². The number of aromatic nitrogens is 2. The second kappa shape index (κ2) is 7.20. The van der Waals surface area contributed by atoms with E-state index in [1.165, 1.54) is 23.7 Å². The highest BCUT2D eigenvalue weighted by molar-refractivity contribution is 5.95. The van der Waals surface area contributed by atoms with Crippen molar-refractivity contribution in [3.63, 3.8) is 0 Å². The first kappa shape index (κ1) is 19.6. The van der Waals surface area contributed by atoms with Crippen molar-refractivity contribution >= 4 is 16.8 Å². The summed E-state index contributed by atoms with van der Waals surface area (Å²) in [6.07, 6.45) is 5.96. The van der Waals surface area contributed by atoms with Crippen LogP contribution in [-0.4, -0.2) is 62.4 Å². The van der Waals surface area contributed by atoms with E-state index >= 15 is 0 Å². The van der Waals surface area contributed by atoms with Crippen LogP contribution in [0.3, 0.4) is 0 Å². The fourth-order valence-corrected chi connectivity index (χ4v) is 4.70. The lowest BCUT2D eigenvalue weighted by atomic mass is 10.0. The van der Waals surface area contributed by atoms with Gasteiger partial charge in [-0.05, 0) is 55.0 Å². The van der Waals surface area contributed by atoms with Gasteiger partial charge in [0.2, 0.25) is 0 Å². The molecule has 3 fully saturated rings. The van der Waals surface area contributed by atoms with Crippen molar-refractivity contribution in [1.82, 2.24) is 19.6 Å². The first-order valence-electron chi connectivity index (χ1n) is 11.6. The zero-order chi connectivity index (χ0) is 21.9. The normalized spacial score (nSPS) is 19.9. The number of fused-ring (bicyclic) bond motifs is 1. The zero-order valence-electron chi connectivity index (χ0n) is 18.2. The highest BCUT2D eigenvalue weighted by Crippen LogP contribution is 2.42. The molecule has 0 bridgehead atoms. The molecule has 1 aliphatic heterocycles. The lowest BCUT2D eigenvalue weighted by Crippen LogP contribution is -2.49. The summed E-state index contributed by atoms with van der Waals surface area (Å²) in [5.74, 6) is 0.0641. The highest BCUT2D eigenvalue weighted by atomic mass is 16.3. The minimum atomic E-state index is -0.693. The molecule has 3 aliphatic rings. The van der Waals surface area contributed by atoms with Gasteiger partial charge in [0.15, 0.2) is 0 Å². The number of benzene rings is 2. The van der Waals surface area contributed by atoms with E-state index in [1.807, 2.05) is 35.4 Å². The van der Waals surface area contributed by atoms with Gasteiger partial charge in [-0.25, -0.2) is 0 Å². The van der Waals surface area contributed by atoms with Crippen molar-refractivity contribution < 1.29 is 9.90 Å². The van der Waals surface area contributed by atoms with E-state index in [9.17, 15) is 9.90 Å². The number of amides is 1. The second-order valence-corrected chi connectivity index (χ2v) is 9.43. The van der Waals surface area contributed by atoms with Crippen LogP contribution in [0.25, 0.3) is 22.0 Å². The third kappa shape index (κ3) is 3.39. The van der Waals surface area contributed by atoms with Gasteiger partial charge < -0.3 is 14.9 Å². The Labute approximate surface area is 187 Å². The van der Waals surface area contributed by atoms with Crippen LogP contribution >= 0.6 is 0 Å². The lowest BCUT2D eigenvalue weighted by Gasteiger charge is -2.38. The maximum Gasteiger partial charge on any atom is 0.253 e. The van der Waals surface area contributed by atoms with Crippen LogP contribution < -0.4 is 0 Å². The van der Waals surface area contributed by atoms with E-state index in [1.54, 1.807) is 0 Å². The van der Waals surface area contributed by atoms with Gasteiger partial charge in [0.25, 0.3) is 5.91 Å². The molecule has 2 aliphatic carbocycles. The Morgan fingerprint density at radius 1 is 0.969 bits per heavy atom. The van der Waals surface area contributed by atoms with Gasteiger partial charge >= 0.3 is 0 Å². The summed E-state index contributed by atoms with van der Waals surface area (Å²) >= 11 is 0. The largest absolute Gasteiger partial charge is 0.384 e. The van der Waals surface area contributed by atoms with Crippen molar-refractivity contribution in [3.8, 4) is 11.1 Å². The Hall–Kier alpha value is -3.12. The Bertz CT molecular complexity index is 1200. The van der Waals surface area contributed by atoms with Crippen LogP contribution in [0.2, 0.25) is 0 Å². The molecule has 0 unspecified atom stereocenters. The van der Waals surface area contributed by atoms with Gasteiger partial charge in [-0.2, -0.15) is 5.10 Å². The predicted molar refractivity (Wildman–Crippen MR) is 124 cm³/mol. The van der Waals surface area contributed by atoms with Crippen LogP contribution in [0.1, 0.15) is 42.1 Å². The zero-order valence-corrected chi connectivity index (χ0v) is 18.2. The Kier molecular flexibility index (Phi) is 4.40. The van der Waals surface area contributed by atoms with Gasteiger partial charge in [0, 0.05) is 42.8 Å². The van der Waals surface area contributed by atoms with Crippen LogP contribution in [0.5, 0.6) is 0 Å². The fraction of sp³-hybridized carbons (Fsp3) is 0.385. The average molecular weight is 429 g/mol. The third-order valence-corrected chi connectivity index (χ3v) is 7.17. The lowest BCUT2D eigenvalue weighted by molar-refractivity contribution is 0.0622. The van der Waals surface area contributed by atoms with Crippen molar-refractivity contribution in [2.75, 3.05) is 26.2 Å². The van der Waals surface area contributed by atoms with E-state index in [2.05, 4.69) is 39.5 Å². The molecular weight excluding hydrogens is 400 g/mol. The monoisotopic (exact) mass is 428 g/mol. The number of nitrogens with zero attached hydrogens (tertiary/aromatic N) is 4. The standard InChI is InChI=1S/C26H28N4O2/c1-18(26(32)10-11-26)28-12-14-29(15-13-28)25(31)20-4-2-19(3-5-20)21-6-7-22-17-27-30(23-8-9-23)24(22)16-21/h2-7,16-17,23,32H,1,8-15H2. The molecule has 0 spiro atoms. The van der Waals surface area contributed by atoms with E-state index in [-0.39, 0.29) is 5.91 Å². The number of piperazine rings is 1. The van der Waals surface area contributed by atoms with E-state index in [0.717, 1.165) is 42.8 Å². The van der Waals surface area contributed by atoms with Crippen LogP contribution in [0.15, 0.2) is 60.9 Å². The molecule has 1 N–H and O–H groups in total. The van der Waals surface area contributed by atoms with Crippen LogP contribution in [0, 0.1) is 0 Å². The Balaban J connectivity index is 1.15. The molecular formula is C26H28N4O2. The quantitative estimate of drug-likeness (QED) is 0.671. The summed E-state index contributed by atoms with van der Waals surface area (Å²) in [5.41, 5.74) is 4.26. The van der Waals surface area contributed by atoms with E-state index in [4.69, 9.17) is 0 Å². The summed E-state index contributed by atoms with van der Waals surface area (Å²) in [5, 5.41) is 16.0. The van der Waals surface area contributed by atoms with Gasteiger partial charge in [-0.15, -0.1) is 0 Å². The first-order chi connectivity index (χ1) is 15.5. The molecule has 6 rings (SSSR count). The number of hydrogen-bond donors (Lipinski definition) is 1. The molecule has 0 radical (unpaired) electrons. The summed E-state index contributed by atoms with van der Waals surface area (Å²) in [7, 11) is 0. The molecule has 164 valence electrons. The maximum atomic E-state index is 13.0. The molecule has 6 heteroatoms. The molecule has 1 amide bonds. The second-order valence-electron chi connectivity index (χ2n) is 9.43. The molecule has 1 saturated heterocycles. The molecule has 1 aromatic heterocycles. The van der Waals surface area contributed by atoms with Gasteiger partial charge in [0.05, 0.1) is 17.8 Å². The summed E-state index contributed by atoms with van der Waals surface area (Å²) in [6, 6.07) is 14.9. The minimum Gasteiger partial charge on any atom is -0.384 e. The maximum absolute atomic E-state index is 13.0. The molecule has 6 nitrogen and oxygen atoms in total. The van der Waals surface area contributed by atoms with Gasteiger partial charge in [-0.3, -0.25) is 9.48 Å². The molecule has 0 atom stereocenters. The Morgan fingerprint density at radius 2 is 1.62 bits per heavy atom. The van der Waals surface area contributed by atoms with Crippen molar-refractivity contribution in [1.29, 1.82) is 0 Å². The van der Waals surface area contributed by atoms with Crippen molar-refractivity contribution in [2.45, 2.75) is 37.3 Å². The molecule has 3 aromatic rings. The SMILES string of the molecule is C=C(N1CCN(C(=O)c2ccc(-c3ccc4cnn(C5CC5)c4c3)cc2)CC1)C1(O)CC1. The van der Waals surface area contributed by atoms with E-state index < -0.39 is 5.60 Å². The number of rotatable bonds is 5.